The van der Waals surface area contributed by atoms with E-state index in [0.29, 0.717) is 18.4 Å². The first-order valence-corrected chi connectivity index (χ1v) is 24.8. The smallest absolute Gasteiger partial charge is 0.165 e. The Balaban J connectivity index is 0.00000543. The molecule has 0 saturated heterocycles. The third-order valence-electron chi connectivity index (χ3n) is 14.7. The molecule has 13 rings (SSSR count). The summed E-state index contributed by atoms with van der Waals surface area (Å²) in [6.07, 6.45) is 6.79. The zero-order valence-corrected chi connectivity index (χ0v) is 42.9. The van der Waals surface area contributed by atoms with E-state index < -0.39 is 5.41 Å². The van der Waals surface area contributed by atoms with Crippen LogP contribution in [-0.4, -0.2) is 20.9 Å². The van der Waals surface area contributed by atoms with Crippen molar-refractivity contribution in [3.8, 4) is 101 Å². The molecule has 1 unspecified atom stereocenters. The molecule has 8 aromatic carbocycles. The third kappa shape index (κ3) is 7.86. The summed E-state index contributed by atoms with van der Waals surface area (Å²) in [5.41, 5.74) is 14.9. The summed E-state index contributed by atoms with van der Waals surface area (Å²) in [6, 6.07) is 63.4. The number of ether oxygens (including phenoxy) is 2. The van der Waals surface area contributed by atoms with Crippen LogP contribution in [0.5, 0.6) is 23.0 Å². The molecule has 2 aromatic heterocycles. The van der Waals surface area contributed by atoms with Crippen molar-refractivity contribution in [2.45, 2.75) is 46.5 Å². The van der Waals surface area contributed by atoms with Crippen molar-refractivity contribution in [1.82, 2.24) is 9.97 Å². The second-order valence-electron chi connectivity index (χ2n) is 20.2. The second kappa shape index (κ2) is 18.3. The van der Waals surface area contributed by atoms with Gasteiger partial charge in [0.25, 0.3) is 0 Å². The van der Waals surface area contributed by atoms with Gasteiger partial charge in [0.1, 0.15) is 17.3 Å². The number of hydrogen-bond acceptors (Lipinski definition) is 6. The molecule has 1 fully saturated rings. The predicted octanol–water partition coefficient (Wildman–Crippen LogP) is 17.0. The average Bonchev–Trinajstić information content (AvgIpc) is 3.41. The molecule has 357 valence electrons. The number of rotatable bonds is 7. The van der Waals surface area contributed by atoms with Gasteiger partial charge in [0.05, 0.1) is 0 Å². The van der Waals surface area contributed by atoms with Gasteiger partial charge in [-0.05, 0) is 117 Å². The van der Waals surface area contributed by atoms with Gasteiger partial charge in [0.2, 0.25) is 0 Å². The molecule has 2 aliphatic heterocycles. The minimum Gasteiger partial charge on any atom is -0.511 e. The zero-order valence-electron chi connectivity index (χ0n) is 40.5. The van der Waals surface area contributed by atoms with Gasteiger partial charge in [-0.25, -0.2) is 0 Å². The number of hydrogen-bond donors (Lipinski definition) is 1. The number of benzene rings is 8. The fourth-order valence-electron chi connectivity index (χ4n) is 11.3. The van der Waals surface area contributed by atoms with Crippen LogP contribution in [0.1, 0.15) is 45.6 Å². The van der Waals surface area contributed by atoms with Crippen LogP contribution in [0.25, 0.3) is 99.7 Å². The largest absolute Gasteiger partial charge is 0.511 e. The minimum absolute atomic E-state index is 0. The first-order chi connectivity index (χ1) is 35.2. The van der Waals surface area contributed by atoms with Gasteiger partial charge < -0.3 is 24.5 Å². The van der Waals surface area contributed by atoms with Crippen molar-refractivity contribution < 1.29 is 39.5 Å². The van der Waals surface area contributed by atoms with Crippen LogP contribution in [-0.2, 0) is 31.3 Å². The number of carbonyl (C=O) groups excluding carboxylic acids is 1. The standard InChI is InChI=1S/C66H48N2O4.Ir/c1-66(2,3)65(70)53-28-14-18-40(64(53)69)33-39-17-4-5-19-44(39)41-34-42(45-20-6-8-22-47(45)54-37-67-62-51-24-10-12-29-56(51)71-58-31-15-26-49(54)60(58)62)36-43(35-41)46-21-7-9-23-48(46)55-38-68-63-52-25-11-13-30-57(52)72-59-32-16-27-50(55)61(59)63;/h4-13,15-17,19-23,26-27,29-32,34-38,40,70H,14,18,28,33H2,1-3H3;/q-2;/b65-53-;. The maximum absolute atomic E-state index is 14.3. The van der Waals surface area contributed by atoms with Crippen LogP contribution in [0, 0.1) is 23.5 Å². The Hall–Kier alpha value is -7.96. The monoisotopic (exact) mass is 1130 g/mol. The van der Waals surface area contributed by atoms with Gasteiger partial charge >= 0.3 is 0 Å². The first-order valence-electron chi connectivity index (χ1n) is 24.8. The van der Waals surface area contributed by atoms with E-state index >= 15 is 0 Å². The molecule has 1 atom stereocenters. The molecule has 3 aliphatic rings. The minimum atomic E-state index is -0.506. The molecule has 0 amide bonds. The van der Waals surface area contributed by atoms with E-state index in [-0.39, 0.29) is 37.6 Å². The van der Waals surface area contributed by atoms with Gasteiger partial charge in [-0.15, -0.1) is 48.5 Å². The van der Waals surface area contributed by atoms with Crippen LogP contribution >= 0.6 is 0 Å². The number of pyridine rings is 2. The van der Waals surface area contributed by atoms with E-state index in [2.05, 4.69) is 127 Å². The van der Waals surface area contributed by atoms with E-state index in [4.69, 9.17) is 19.4 Å². The molecule has 1 radical (unpaired) electrons. The Labute approximate surface area is 438 Å². The summed E-state index contributed by atoms with van der Waals surface area (Å²) in [7, 11) is 0. The van der Waals surface area contributed by atoms with Crippen LogP contribution < -0.4 is 9.47 Å². The first kappa shape index (κ1) is 46.1. The Morgan fingerprint density at radius 3 is 1.56 bits per heavy atom. The molecule has 7 heteroatoms. The Morgan fingerprint density at radius 2 is 1.04 bits per heavy atom. The molecule has 10 aromatic rings. The van der Waals surface area contributed by atoms with E-state index in [1.165, 1.54) is 0 Å². The number of fused-ring (bicyclic) bond motifs is 4. The molecule has 73 heavy (non-hydrogen) atoms. The molecular weight excluding hydrogens is 1080 g/mol. The topological polar surface area (TPSA) is 81.5 Å². The number of Topliss-reactive ketones (excluding diaryl/α,β-unsaturated/α-hetero) is 1. The summed E-state index contributed by atoms with van der Waals surface area (Å²) in [5, 5.41) is 15.3. The maximum Gasteiger partial charge on any atom is 0.165 e. The van der Waals surface area contributed by atoms with Crippen LogP contribution in [0.4, 0.5) is 0 Å². The zero-order chi connectivity index (χ0) is 48.7. The Morgan fingerprint density at radius 1 is 0.575 bits per heavy atom. The number of aliphatic hydroxyl groups excluding tert-OH is 1. The Bertz CT molecular complexity index is 3720. The maximum atomic E-state index is 14.3. The molecule has 0 spiro atoms. The molecule has 0 bridgehead atoms. The van der Waals surface area contributed by atoms with Crippen LogP contribution in [0.2, 0.25) is 0 Å². The van der Waals surface area contributed by atoms with E-state index in [0.717, 1.165) is 141 Å². The fraction of sp³-hybridized carbons (Fsp3) is 0.136. The van der Waals surface area contributed by atoms with E-state index in [9.17, 15) is 9.90 Å². The Kier molecular flexibility index (Phi) is 11.5. The summed E-state index contributed by atoms with van der Waals surface area (Å²) in [6.45, 7) is 5.90. The van der Waals surface area contributed by atoms with E-state index in [1.54, 1.807) is 0 Å². The van der Waals surface area contributed by atoms with Crippen molar-refractivity contribution >= 4 is 27.3 Å². The normalized spacial score (nSPS) is 15.2. The number of allylic oxidation sites excluding steroid dienone is 2. The summed E-state index contributed by atoms with van der Waals surface area (Å²) >= 11 is 0. The number of aliphatic hydroxyl groups is 1. The third-order valence-corrected chi connectivity index (χ3v) is 14.7. The molecule has 1 saturated carbocycles. The number of aromatic nitrogens is 2. The van der Waals surface area contributed by atoms with E-state index in [1.807, 2.05) is 81.7 Å². The quantitative estimate of drug-likeness (QED) is 0.0973. The molecule has 4 heterocycles. The van der Waals surface area contributed by atoms with Crippen molar-refractivity contribution in [2.24, 2.45) is 11.3 Å². The molecule has 6 nitrogen and oxygen atoms in total. The number of nitrogens with zero attached hydrogens (tertiary/aromatic N) is 2. The molecule has 1 aliphatic carbocycles. The van der Waals surface area contributed by atoms with Gasteiger partial charge in [-0.1, -0.05) is 129 Å². The van der Waals surface area contributed by atoms with Crippen molar-refractivity contribution in [1.29, 1.82) is 0 Å². The van der Waals surface area contributed by atoms with Crippen molar-refractivity contribution in [2.75, 3.05) is 0 Å². The molecule has 1 N–H and O–H groups in total. The average molecular weight is 1130 g/mol. The summed E-state index contributed by atoms with van der Waals surface area (Å²) in [4.78, 5) is 24.6. The van der Waals surface area contributed by atoms with Gasteiger partial charge in [0, 0.05) is 94.2 Å². The summed E-state index contributed by atoms with van der Waals surface area (Å²) in [5.74, 6) is 3.06. The SMILES string of the molecule is CC(C)(C)/C(O)=C1\CCCC(Cc2ccccc2-c2cc(-c3ccccc3-c3cnc4c5c(cccc35)Oc3ccc[c-]c3-4)cc(-c3ccccc3-c3cnc4c5c(cccc35)Oc3ccc[c-]c3-4)c2)C1=O.[Ir]. The summed E-state index contributed by atoms with van der Waals surface area (Å²) < 4.78 is 13.0. The van der Waals surface area contributed by atoms with Crippen LogP contribution in [0.3, 0.4) is 0 Å². The van der Waals surface area contributed by atoms with Crippen molar-refractivity contribution in [3.63, 3.8) is 0 Å². The van der Waals surface area contributed by atoms with Crippen LogP contribution in [0.15, 0.2) is 188 Å². The van der Waals surface area contributed by atoms with Gasteiger partial charge in [0.15, 0.2) is 5.78 Å². The van der Waals surface area contributed by atoms with Crippen molar-refractivity contribution in [3.05, 3.63) is 205 Å². The second-order valence-corrected chi connectivity index (χ2v) is 20.2. The predicted molar refractivity (Wildman–Crippen MR) is 288 cm³/mol. The fourth-order valence-corrected chi connectivity index (χ4v) is 11.3. The molecular formula is C66H48IrN2O4-2. The number of carbonyl (C=O) groups is 1. The van der Waals surface area contributed by atoms with Gasteiger partial charge in [-0.3, -0.25) is 4.79 Å². The van der Waals surface area contributed by atoms with Gasteiger partial charge in [-0.2, -0.15) is 0 Å². The number of ketones is 1.